The molecular formula is C29H24N2O2S. The molecule has 34 heavy (non-hydrogen) atoms. The monoisotopic (exact) mass is 464 g/mol. The number of hydrogen-bond acceptors (Lipinski definition) is 3. The van der Waals surface area contributed by atoms with Crippen molar-refractivity contribution in [1.29, 1.82) is 0 Å². The molecule has 5 heteroatoms. The van der Waals surface area contributed by atoms with Crippen molar-refractivity contribution in [1.82, 2.24) is 9.55 Å². The molecule has 0 fully saturated rings. The third kappa shape index (κ3) is 4.56. The second kappa shape index (κ2) is 9.49. The number of imidazole rings is 1. The predicted molar refractivity (Wildman–Crippen MR) is 136 cm³/mol. The van der Waals surface area contributed by atoms with Gasteiger partial charge in [-0.1, -0.05) is 121 Å². The molecule has 5 aromatic rings. The molecule has 4 aromatic carbocycles. The van der Waals surface area contributed by atoms with Crippen LogP contribution in [0.4, 0.5) is 0 Å². The highest BCUT2D eigenvalue weighted by atomic mass is 32.2. The maximum Gasteiger partial charge on any atom is 0.229 e. The Kier molecular flexibility index (Phi) is 6.11. The van der Waals surface area contributed by atoms with Gasteiger partial charge in [0.2, 0.25) is 15.0 Å². The zero-order valence-electron chi connectivity index (χ0n) is 18.6. The van der Waals surface area contributed by atoms with E-state index in [-0.39, 0.29) is 10.9 Å². The number of benzene rings is 4. The van der Waals surface area contributed by atoms with Crippen LogP contribution >= 0.6 is 0 Å². The van der Waals surface area contributed by atoms with Crippen LogP contribution in [0.15, 0.2) is 126 Å². The standard InChI is InChI=1S/C29H24N2O2S/c32-34(33,22-24-15-7-2-8-16-24)29-30-27(25-17-9-3-10-18-25)28(26-19-11-4-12-20-26)31(29)21-23-13-5-1-6-14-23/h1-20H,21-22H2. The number of rotatable bonds is 7. The van der Waals surface area contributed by atoms with E-state index in [1.807, 2.05) is 126 Å². The van der Waals surface area contributed by atoms with Gasteiger partial charge in [-0.25, -0.2) is 13.4 Å². The summed E-state index contributed by atoms with van der Waals surface area (Å²) in [6, 6.07) is 38.8. The molecule has 0 spiro atoms. The van der Waals surface area contributed by atoms with Gasteiger partial charge in [0, 0.05) is 11.1 Å². The van der Waals surface area contributed by atoms with E-state index in [1.54, 1.807) is 0 Å². The Bertz CT molecular complexity index is 1480. The lowest BCUT2D eigenvalue weighted by Gasteiger charge is -2.14. The second-order valence-electron chi connectivity index (χ2n) is 8.14. The first kappa shape index (κ1) is 21.9. The van der Waals surface area contributed by atoms with E-state index < -0.39 is 9.84 Å². The lowest BCUT2D eigenvalue weighted by Crippen LogP contribution is -2.14. The summed E-state index contributed by atoms with van der Waals surface area (Å²) in [4.78, 5) is 4.80. The topological polar surface area (TPSA) is 52.0 Å². The molecule has 0 N–H and O–H groups in total. The molecule has 0 aliphatic heterocycles. The summed E-state index contributed by atoms with van der Waals surface area (Å²) in [6.45, 7) is 0.397. The fourth-order valence-corrected chi connectivity index (χ4v) is 5.61. The Morgan fingerprint density at radius 1 is 0.588 bits per heavy atom. The number of hydrogen-bond donors (Lipinski definition) is 0. The highest BCUT2D eigenvalue weighted by molar-refractivity contribution is 7.90. The summed E-state index contributed by atoms with van der Waals surface area (Å²) in [6.07, 6.45) is 0. The molecule has 1 heterocycles. The summed E-state index contributed by atoms with van der Waals surface area (Å²) in [5.41, 5.74) is 5.00. The van der Waals surface area contributed by atoms with Gasteiger partial charge in [-0.2, -0.15) is 0 Å². The Morgan fingerprint density at radius 2 is 1.06 bits per heavy atom. The van der Waals surface area contributed by atoms with Crippen LogP contribution in [0.25, 0.3) is 22.5 Å². The minimum Gasteiger partial charge on any atom is -0.310 e. The van der Waals surface area contributed by atoms with Gasteiger partial charge in [0.1, 0.15) is 0 Å². The fraction of sp³-hybridized carbons (Fsp3) is 0.0690. The number of sulfone groups is 1. The molecule has 0 unspecified atom stereocenters. The largest absolute Gasteiger partial charge is 0.310 e. The highest BCUT2D eigenvalue weighted by Gasteiger charge is 2.28. The summed E-state index contributed by atoms with van der Waals surface area (Å²) in [7, 11) is -3.73. The lowest BCUT2D eigenvalue weighted by molar-refractivity contribution is 0.572. The Balaban J connectivity index is 1.75. The van der Waals surface area contributed by atoms with Crippen molar-refractivity contribution in [3.05, 3.63) is 132 Å². The van der Waals surface area contributed by atoms with Crippen LogP contribution in [-0.4, -0.2) is 18.0 Å². The molecule has 1 aromatic heterocycles. The predicted octanol–water partition coefficient (Wildman–Crippen LogP) is 6.24. The van der Waals surface area contributed by atoms with E-state index in [0.29, 0.717) is 12.2 Å². The van der Waals surface area contributed by atoms with Crippen LogP contribution in [0.3, 0.4) is 0 Å². The maximum atomic E-state index is 13.8. The molecule has 0 radical (unpaired) electrons. The third-order valence-corrected chi connectivity index (χ3v) is 7.27. The normalized spacial score (nSPS) is 11.4. The van der Waals surface area contributed by atoms with E-state index in [0.717, 1.165) is 27.9 Å². The third-order valence-electron chi connectivity index (χ3n) is 5.69. The van der Waals surface area contributed by atoms with Crippen molar-refractivity contribution < 1.29 is 8.42 Å². The Hall–Kier alpha value is -3.96. The Morgan fingerprint density at radius 3 is 1.62 bits per heavy atom. The maximum absolute atomic E-state index is 13.8. The molecule has 0 bridgehead atoms. The van der Waals surface area contributed by atoms with Gasteiger partial charge in [0.05, 0.1) is 23.7 Å². The quantitative estimate of drug-likeness (QED) is 0.286. The average Bonchev–Trinajstić information content (AvgIpc) is 3.26. The summed E-state index contributed by atoms with van der Waals surface area (Å²) in [5.74, 6) is -0.109. The van der Waals surface area contributed by atoms with Crippen molar-refractivity contribution in [3.8, 4) is 22.5 Å². The minimum atomic E-state index is -3.73. The molecule has 4 nitrogen and oxygen atoms in total. The van der Waals surface area contributed by atoms with Gasteiger partial charge >= 0.3 is 0 Å². The van der Waals surface area contributed by atoms with Crippen molar-refractivity contribution in [3.63, 3.8) is 0 Å². The lowest BCUT2D eigenvalue weighted by atomic mass is 10.0. The molecule has 0 amide bonds. The van der Waals surface area contributed by atoms with Crippen molar-refractivity contribution >= 4 is 9.84 Å². The van der Waals surface area contributed by atoms with Gasteiger partial charge in [-0.05, 0) is 11.1 Å². The average molecular weight is 465 g/mol. The van der Waals surface area contributed by atoms with Crippen molar-refractivity contribution in [2.75, 3.05) is 0 Å². The van der Waals surface area contributed by atoms with Crippen LogP contribution in [0.2, 0.25) is 0 Å². The Labute approximate surface area is 200 Å². The zero-order chi connectivity index (χ0) is 23.4. The molecule has 0 atom stereocenters. The molecule has 0 aliphatic rings. The molecular weight excluding hydrogens is 440 g/mol. The molecule has 0 aliphatic carbocycles. The summed E-state index contributed by atoms with van der Waals surface area (Å²) in [5, 5.41) is 0.0814. The van der Waals surface area contributed by atoms with Gasteiger partial charge in [-0.15, -0.1) is 0 Å². The first-order chi connectivity index (χ1) is 16.6. The number of nitrogens with zero attached hydrogens (tertiary/aromatic N) is 2. The van der Waals surface area contributed by atoms with Crippen LogP contribution in [-0.2, 0) is 22.1 Å². The van der Waals surface area contributed by atoms with Gasteiger partial charge in [0.15, 0.2) is 0 Å². The summed E-state index contributed by atoms with van der Waals surface area (Å²) < 4.78 is 29.4. The van der Waals surface area contributed by atoms with Crippen molar-refractivity contribution in [2.45, 2.75) is 17.5 Å². The smallest absolute Gasteiger partial charge is 0.229 e. The first-order valence-electron chi connectivity index (χ1n) is 11.1. The van der Waals surface area contributed by atoms with E-state index >= 15 is 0 Å². The molecule has 0 saturated carbocycles. The van der Waals surface area contributed by atoms with Crippen LogP contribution in [0, 0.1) is 0 Å². The molecule has 5 rings (SSSR count). The summed E-state index contributed by atoms with van der Waals surface area (Å²) >= 11 is 0. The minimum absolute atomic E-state index is 0.0814. The van der Waals surface area contributed by atoms with E-state index in [4.69, 9.17) is 4.98 Å². The van der Waals surface area contributed by atoms with Gasteiger partial charge in [0.25, 0.3) is 0 Å². The molecule has 168 valence electrons. The second-order valence-corrected chi connectivity index (χ2v) is 10.0. The first-order valence-corrected chi connectivity index (χ1v) is 12.8. The van der Waals surface area contributed by atoms with Crippen LogP contribution < -0.4 is 0 Å². The van der Waals surface area contributed by atoms with E-state index in [2.05, 4.69) is 0 Å². The van der Waals surface area contributed by atoms with Crippen molar-refractivity contribution in [2.24, 2.45) is 0 Å². The van der Waals surface area contributed by atoms with Crippen LogP contribution in [0.5, 0.6) is 0 Å². The van der Waals surface area contributed by atoms with E-state index in [9.17, 15) is 8.42 Å². The fourth-order valence-electron chi connectivity index (χ4n) is 4.13. The SMILES string of the molecule is O=S(=O)(Cc1ccccc1)c1nc(-c2ccccc2)c(-c2ccccc2)n1Cc1ccccc1. The van der Waals surface area contributed by atoms with Crippen LogP contribution in [0.1, 0.15) is 11.1 Å². The zero-order valence-corrected chi connectivity index (χ0v) is 19.4. The van der Waals surface area contributed by atoms with Gasteiger partial charge in [-0.3, -0.25) is 0 Å². The number of aromatic nitrogens is 2. The highest BCUT2D eigenvalue weighted by Crippen LogP contribution is 2.35. The molecule has 0 saturated heterocycles. The van der Waals surface area contributed by atoms with Gasteiger partial charge < -0.3 is 4.57 Å². The van der Waals surface area contributed by atoms with E-state index in [1.165, 1.54) is 0 Å².